The van der Waals surface area contributed by atoms with Crippen molar-refractivity contribution >= 4 is 21.8 Å². The number of amides is 2. The zero-order valence-corrected chi connectivity index (χ0v) is 23.8. The Hall–Kier alpha value is -4.41. The largest absolute Gasteiger partial charge is 0.497 e. The smallest absolute Gasteiger partial charge is 0.247 e. The summed E-state index contributed by atoms with van der Waals surface area (Å²) in [4.78, 5) is 29.2. The third-order valence-corrected chi connectivity index (χ3v) is 7.70. The number of hydrogen-bond acceptors (Lipinski definition) is 6. The lowest BCUT2D eigenvalue weighted by Gasteiger charge is -2.33. The topological polar surface area (TPSA) is 109 Å². The van der Waals surface area contributed by atoms with Crippen LogP contribution in [0.5, 0.6) is 5.75 Å². The first-order chi connectivity index (χ1) is 19.7. The van der Waals surface area contributed by atoms with Gasteiger partial charge < -0.3 is 19.4 Å². The van der Waals surface area contributed by atoms with E-state index in [1.54, 1.807) is 79.9 Å². The molecule has 41 heavy (non-hydrogen) atoms. The molecule has 0 radical (unpaired) electrons. The number of ether oxygens (including phenoxy) is 1. The molecule has 0 fully saturated rings. The van der Waals surface area contributed by atoms with Crippen LogP contribution in [-0.2, 0) is 39.2 Å². The van der Waals surface area contributed by atoms with E-state index in [0.717, 1.165) is 21.7 Å². The van der Waals surface area contributed by atoms with Gasteiger partial charge >= 0.3 is 0 Å². The van der Waals surface area contributed by atoms with Gasteiger partial charge in [0.25, 0.3) is 0 Å². The van der Waals surface area contributed by atoms with Gasteiger partial charge in [-0.15, -0.1) is 0 Å². The van der Waals surface area contributed by atoms with Crippen molar-refractivity contribution in [2.45, 2.75) is 25.7 Å². The van der Waals surface area contributed by atoms with Crippen LogP contribution in [0, 0.1) is 0 Å². The maximum absolute atomic E-state index is 14.1. The summed E-state index contributed by atoms with van der Waals surface area (Å²) < 4.78 is 37.3. The second-order valence-corrected chi connectivity index (χ2v) is 11.5. The Bertz CT molecular complexity index is 1510. The zero-order chi connectivity index (χ0) is 29.2. The molecule has 2 amide bonds. The number of furan rings is 1. The van der Waals surface area contributed by atoms with Crippen LogP contribution in [0.2, 0.25) is 0 Å². The molecule has 0 saturated heterocycles. The van der Waals surface area contributed by atoms with Gasteiger partial charge in [0, 0.05) is 13.1 Å². The fraction of sp³-hybridized carbons (Fsp3) is 0.226. The van der Waals surface area contributed by atoms with E-state index in [1.165, 1.54) is 11.2 Å². The summed E-state index contributed by atoms with van der Waals surface area (Å²) in [6.07, 6.45) is 2.59. The minimum Gasteiger partial charge on any atom is -0.497 e. The molecule has 0 spiro atoms. The number of carbonyl (C=O) groups is 2. The third kappa shape index (κ3) is 8.29. The first-order valence-electron chi connectivity index (χ1n) is 13.0. The Labute approximate surface area is 240 Å². The summed E-state index contributed by atoms with van der Waals surface area (Å²) in [6, 6.07) is 27.6. The van der Waals surface area contributed by atoms with Gasteiger partial charge in [0.05, 0.1) is 32.7 Å². The Balaban J connectivity index is 1.69. The van der Waals surface area contributed by atoms with Crippen molar-refractivity contribution < 1.29 is 27.2 Å². The second-order valence-electron chi connectivity index (χ2n) is 9.50. The number of benzene rings is 3. The SMILES string of the molecule is COc1ccc(CN(C(=O)CN(Cc2ccccc2)S(C)(=O)=O)[C@H](C(=O)NCc2ccco2)c2ccccc2)cc1. The van der Waals surface area contributed by atoms with Gasteiger partial charge in [-0.3, -0.25) is 9.59 Å². The molecule has 0 saturated carbocycles. The molecule has 1 atom stereocenters. The molecule has 214 valence electrons. The highest BCUT2D eigenvalue weighted by atomic mass is 32.2. The molecular formula is C31H33N3O6S. The summed E-state index contributed by atoms with van der Waals surface area (Å²) in [5.41, 5.74) is 2.07. The van der Waals surface area contributed by atoms with Gasteiger partial charge in [-0.1, -0.05) is 72.8 Å². The van der Waals surface area contributed by atoms with Crippen molar-refractivity contribution in [3.05, 3.63) is 126 Å². The predicted molar refractivity (Wildman–Crippen MR) is 155 cm³/mol. The van der Waals surface area contributed by atoms with Crippen molar-refractivity contribution in [2.75, 3.05) is 19.9 Å². The van der Waals surface area contributed by atoms with Crippen LogP contribution in [-0.4, -0.2) is 49.3 Å². The van der Waals surface area contributed by atoms with Crippen LogP contribution in [0.15, 0.2) is 108 Å². The van der Waals surface area contributed by atoms with E-state index in [1.807, 2.05) is 24.3 Å². The molecular weight excluding hydrogens is 542 g/mol. The van der Waals surface area contributed by atoms with Crippen molar-refractivity contribution in [3.8, 4) is 5.75 Å². The van der Waals surface area contributed by atoms with E-state index in [4.69, 9.17) is 9.15 Å². The summed E-state index contributed by atoms with van der Waals surface area (Å²) in [6.45, 7) is -0.246. The highest BCUT2D eigenvalue weighted by molar-refractivity contribution is 7.88. The van der Waals surface area contributed by atoms with Gasteiger partial charge in [0.15, 0.2) is 0 Å². The summed E-state index contributed by atoms with van der Waals surface area (Å²) in [7, 11) is -2.21. The number of methoxy groups -OCH3 is 1. The Kier molecular flexibility index (Phi) is 9.94. The van der Waals surface area contributed by atoms with Crippen molar-refractivity contribution in [1.82, 2.24) is 14.5 Å². The molecule has 0 unspecified atom stereocenters. The van der Waals surface area contributed by atoms with Crippen LogP contribution in [0.1, 0.15) is 28.5 Å². The van der Waals surface area contributed by atoms with Gasteiger partial charge in [-0.25, -0.2) is 8.42 Å². The summed E-state index contributed by atoms with van der Waals surface area (Å²) in [5, 5.41) is 2.87. The number of nitrogens with one attached hydrogen (secondary N) is 1. The van der Waals surface area contributed by atoms with Crippen LogP contribution in [0.25, 0.3) is 0 Å². The molecule has 1 aromatic heterocycles. The molecule has 1 heterocycles. The van der Waals surface area contributed by atoms with E-state index < -0.39 is 34.4 Å². The van der Waals surface area contributed by atoms with Crippen LogP contribution in [0.4, 0.5) is 0 Å². The molecule has 4 rings (SSSR count). The van der Waals surface area contributed by atoms with Crippen molar-refractivity contribution in [1.29, 1.82) is 0 Å². The average Bonchev–Trinajstić information content (AvgIpc) is 3.50. The van der Waals surface area contributed by atoms with Gasteiger partial charge in [0.1, 0.15) is 17.6 Å². The maximum atomic E-state index is 14.1. The minimum atomic E-state index is -3.77. The highest BCUT2D eigenvalue weighted by Crippen LogP contribution is 2.26. The van der Waals surface area contributed by atoms with Crippen LogP contribution >= 0.6 is 0 Å². The Morgan fingerprint density at radius 2 is 1.49 bits per heavy atom. The van der Waals surface area contributed by atoms with E-state index in [0.29, 0.717) is 17.1 Å². The quantitative estimate of drug-likeness (QED) is 0.257. The maximum Gasteiger partial charge on any atom is 0.247 e. The molecule has 0 aliphatic carbocycles. The lowest BCUT2D eigenvalue weighted by atomic mass is 10.0. The molecule has 0 aliphatic heterocycles. The van der Waals surface area contributed by atoms with Crippen molar-refractivity contribution in [2.24, 2.45) is 0 Å². The lowest BCUT2D eigenvalue weighted by Crippen LogP contribution is -2.47. The number of sulfonamides is 1. The number of carbonyl (C=O) groups excluding carboxylic acids is 2. The van der Waals surface area contributed by atoms with Gasteiger partial charge in [-0.05, 0) is 41.0 Å². The average molecular weight is 576 g/mol. The lowest BCUT2D eigenvalue weighted by molar-refractivity contribution is -0.142. The first kappa shape index (κ1) is 29.6. The van der Waals surface area contributed by atoms with Crippen molar-refractivity contribution in [3.63, 3.8) is 0 Å². The first-order valence-corrected chi connectivity index (χ1v) is 14.9. The molecule has 0 bridgehead atoms. The number of rotatable bonds is 13. The zero-order valence-electron chi connectivity index (χ0n) is 23.0. The normalized spacial score (nSPS) is 12.1. The van der Waals surface area contributed by atoms with Crippen LogP contribution < -0.4 is 10.1 Å². The number of nitrogens with zero attached hydrogens (tertiary/aromatic N) is 2. The molecule has 3 aromatic carbocycles. The minimum absolute atomic E-state index is 0.0164. The highest BCUT2D eigenvalue weighted by Gasteiger charge is 2.33. The van der Waals surface area contributed by atoms with E-state index in [9.17, 15) is 18.0 Å². The molecule has 4 aromatic rings. The Morgan fingerprint density at radius 3 is 2.07 bits per heavy atom. The fourth-order valence-corrected chi connectivity index (χ4v) is 5.09. The molecule has 1 N–H and O–H groups in total. The Morgan fingerprint density at radius 1 is 0.854 bits per heavy atom. The van der Waals surface area contributed by atoms with Gasteiger partial charge in [0.2, 0.25) is 21.8 Å². The third-order valence-electron chi connectivity index (χ3n) is 6.51. The molecule has 10 heteroatoms. The monoisotopic (exact) mass is 575 g/mol. The van der Waals surface area contributed by atoms with Crippen LogP contribution in [0.3, 0.4) is 0 Å². The second kappa shape index (κ2) is 13.8. The molecule has 9 nitrogen and oxygen atoms in total. The van der Waals surface area contributed by atoms with Gasteiger partial charge in [-0.2, -0.15) is 4.31 Å². The van der Waals surface area contributed by atoms with E-state index >= 15 is 0 Å². The standard InChI is InChI=1S/C31H33N3O6S/c1-39-27-17-15-25(16-18-27)22-34(29(35)23-33(41(2,37)38)21-24-10-5-3-6-11-24)30(26-12-7-4-8-13-26)31(36)32-20-28-14-9-19-40-28/h3-19,30H,20-23H2,1-2H3,(H,32,36)/t30-/m0/s1. The fourth-order valence-electron chi connectivity index (χ4n) is 4.36. The summed E-state index contributed by atoms with van der Waals surface area (Å²) in [5.74, 6) is 0.255. The van der Waals surface area contributed by atoms with E-state index in [2.05, 4.69) is 5.32 Å². The predicted octanol–water partition coefficient (Wildman–Crippen LogP) is 4.14. The summed E-state index contributed by atoms with van der Waals surface area (Å²) >= 11 is 0. The molecule has 0 aliphatic rings. The number of hydrogen-bond donors (Lipinski definition) is 1. The van der Waals surface area contributed by atoms with E-state index in [-0.39, 0.29) is 19.6 Å².